The van der Waals surface area contributed by atoms with E-state index >= 15 is 0 Å². The highest BCUT2D eigenvalue weighted by Crippen LogP contribution is 2.45. The van der Waals surface area contributed by atoms with Crippen LogP contribution in [0.2, 0.25) is 5.02 Å². The molecule has 0 aromatic heterocycles. The Morgan fingerprint density at radius 1 is 1.36 bits per heavy atom. The highest BCUT2D eigenvalue weighted by Gasteiger charge is 2.41. The largest absolute Gasteiger partial charge is 0.463 e. The molecule has 0 saturated carbocycles. The SMILES string of the molecule is CCNC(=O)CC1=CSC2=NC(C)=C(C(=O)OCC)C(c3cccc(Cl)c3)N12. The predicted octanol–water partition coefficient (Wildman–Crippen LogP) is 4.00. The molecule has 3 rings (SSSR count). The van der Waals surface area contributed by atoms with Gasteiger partial charge in [-0.15, -0.1) is 0 Å². The first kappa shape index (κ1) is 20.5. The zero-order valence-corrected chi connectivity index (χ0v) is 17.6. The molecule has 0 fully saturated rings. The number of halogens is 1. The molecule has 1 unspecified atom stereocenters. The van der Waals surface area contributed by atoms with Crippen LogP contribution < -0.4 is 5.32 Å². The van der Waals surface area contributed by atoms with Crippen LogP contribution in [-0.4, -0.2) is 35.1 Å². The Morgan fingerprint density at radius 2 is 2.14 bits per heavy atom. The molecule has 2 heterocycles. The molecular formula is C20H22ClN3O3S. The van der Waals surface area contributed by atoms with E-state index in [2.05, 4.69) is 10.3 Å². The van der Waals surface area contributed by atoms with Crippen molar-refractivity contribution in [1.82, 2.24) is 10.2 Å². The van der Waals surface area contributed by atoms with E-state index in [0.717, 1.165) is 16.4 Å². The van der Waals surface area contributed by atoms with E-state index < -0.39 is 12.0 Å². The van der Waals surface area contributed by atoms with Crippen molar-refractivity contribution >= 4 is 40.4 Å². The average Bonchev–Trinajstić information content (AvgIpc) is 3.03. The maximum absolute atomic E-state index is 12.8. The Labute approximate surface area is 173 Å². The number of hydrogen-bond donors (Lipinski definition) is 1. The van der Waals surface area contributed by atoms with E-state index in [0.29, 0.717) is 22.8 Å². The molecule has 0 spiro atoms. The lowest BCUT2D eigenvalue weighted by Gasteiger charge is -2.36. The Balaban J connectivity index is 2.06. The minimum atomic E-state index is -0.457. The van der Waals surface area contributed by atoms with Crippen molar-refractivity contribution in [2.75, 3.05) is 13.2 Å². The van der Waals surface area contributed by atoms with Gasteiger partial charge in [0.25, 0.3) is 0 Å². The zero-order valence-electron chi connectivity index (χ0n) is 16.0. The molecule has 0 saturated heterocycles. The van der Waals surface area contributed by atoms with E-state index in [1.165, 1.54) is 11.8 Å². The van der Waals surface area contributed by atoms with Crippen LogP contribution in [0.1, 0.15) is 38.8 Å². The lowest BCUT2D eigenvalue weighted by molar-refractivity contribution is -0.139. The summed E-state index contributed by atoms with van der Waals surface area (Å²) >= 11 is 7.67. The minimum absolute atomic E-state index is 0.0793. The van der Waals surface area contributed by atoms with Crippen molar-refractivity contribution in [3.05, 3.63) is 57.2 Å². The number of nitrogens with zero attached hydrogens (tertiary/aromatic N) is 2. The molecule has 0 radical (unpaired) electrons. The normalized spacial score (nSPS) is 18.4. The van der Waals surface area contributed by atoms with Gasteiger partial charge in [-0.1, -0.05) is 35.5 Å². The summed E-state index contributed by atoms with van der Waals surface area (Å²) < 4.78 is 5.31. The Hall–Kier alpha value is -2.25. The van der Waals surface area contributed by atoms with Crippen LogP contribution in [0.15, 0.2) is 51.6 Å². The van der Waals surface area contributed by atoms with Crippen LogP contribution in [0.4, 0.5) is 0 Å². The van der Waals surface area contributed by atoms with Gasteiger partial charge in [0.1, 0.15) is 0 Å². The molecule has 1 aromatic rings. The molecular weight excluding hydrogens is 398 g/mol. The Kier molecular flexibility index (Phi) is 6.46. The average molecular weight is 420 g/mol. The van der Waals surface area contributed by atoms with E-state index in [-0.39, 0.29) is 18.9 Å². The van der Waals surface area contributed by atoms with Crippen LogP contribution in [0.3, 0.4) is 0 Å². The van der Waals surface area contributed by atoms with Crippen molar-refractivity contribution in [2.24, 2.45) is 4.99 Å². The number of hydrogen-bond acceptors (Lipinski definition) is 6. The first-order chi connectivity index (χ1) is 13.5. The van der Waals surface area contributed by atoms with Gasteiger partial charge in [0, 0.05) is 17.3 Å². The number of carbonyl (C=O) groups is 2. The summed E-state index contributed by atoms with van der Waals surface area (Å²) in [7, 11) is 0. The van der Waals surface area contributed by atoms with Crippen molar-refractivity contribution in [2.45, 2.75) is 33.2 Å². The Bertz CT molecular complexity index is 894. The number of carbonyl (C=O) groups excluding carboxylic acids is 2. The van der Waals surface area contributed by atoms with Crippen molar-refractivity contribution in [1.29, 1.82) is 0 Å². The van der Waals surface area contributed by atoms with Crippen molar-refractivity contribution in [3.63, 3.8) is 0 Å². The van der Waals surface area contributed by atoms with Gasteiger partial charge in [0.2, 0.25) is 5.91 Å². The first-order valence-corrected chi connectivity index (χ1v) is 10.4. The summed E-state index contributed by atoms with van der Waals surface area (Å²) in [5.74, 6) is -0.494. The highest BCUT2D eigenvalue weighted by molar-refractivity contribution is 8.16. The number of rotatable bonds is 6. The number of amidine groups is 1. The zero-order chi connectivity index (χ0) is 20.3. The lowest BCUT2D eigenvalue weighted by Crippen LogP contribution is -2.38. The first-order valence-electron chi connectivity index (χ1n) is 9.09. The van der Waals surface area contributed by atoms with E-state index in [1.807, 2.05) is 35.4 Å². The molecule has 1 aromatic carbocycles. The van der Waals surface area contributed by atoms with Gasteiger partial charge in [-0.3, -0.25) is 4.79 Å². The summed E-state index contributed by atoms with van der Waals surface area (Å²) in [5.41, 5.74) is 2.69. The van der Waals surface area contributed by atoms with Gasteiger partial charge in [0.15, 0.2) is 5.17 Å². The number of esters is 1. The molecule has 1 N–H and O–H groups in total. The van der Waals surface area contributed by atoms with E-state index in [4.69, 9.17) is 16.3 Å². The number of amides is 1. The van der Waals surface area contributed by atoms with Gasteiger partial charge >= 0.3 is 5.97 Å². The van der Waals surface area contributed by atoms with Gasteiger partial charge in [-0.25, -0.2) is 9.79 Å². The predicted molar refractivity (Wildman–Crippen MR) is 112 cm³/mol. The second-order valence-electron chi connectivity index (χ2n) is 6.30. The Morgan fingerprint density at radius 3 is 2.82 bits per heavy atom. The van der Waals surface area contributed by atoms with Crippen LogP contribution in [-0.2, 0) is 14.3 Å². The van der Waals surface area contributed by atoms with Crippen molar-refractivity contribution < 1.29 is 14.3 Å². The van der Waals surface area contributed by atoms with Gasteiger partial charge in [-0.05, 0) is 43.9 Å². The number of nitrogens with one attached hydrogen (secondary N) is 1. The summed E-state index contributed by atoms with van der Waals surface area (Å²) in [6, 6.07) is 6.92. The van der Waals surface area contributed by atoms with Gasteiger partial charge < -0.3 is 15.0 Å². The highest BCUT2D eigenvalue weighted by atomic mass is 35.5. The molecule has 148 valence electrons. The number of thioether (sulfide) groups is 1. The summed E-state index contributed by atoms with van der Waals surface area (Å²) in [5, 5.41) is 6.03. The minimum Gasteiger partial charge on any atom is -0.463 e. The quantitative estimate of drug-likeness (QED) is 0.705. The maximum Gasteiger partial charge on any atom is 0.338 e. The number of benzene rings is 1. The smallest absolute Gasteiger partial charge is 0.338 e. The number of ether oxygens (including phenoxy) is 1. The molecule has 1 atom stereocenters. The second kappa shape index (κ2) is 8.84. The number of fused-ring (bicyclic) bond motifs is 1. The topological polar surface area (TPSA) is 71.0 Å². The molecule has 0 aliphatic carbocycles. The van der Waals surface area contributed by atoms with E-state index in [1.54, 1.807) is 19.9 Å². The third kappa shape index (κ3) is 4.10. The van der Waals surface area contributed by atoms with E-state index in [9.17, 15) is 9.59 Å². The molecule has 28 heavy (non-hydrogen) atoms. The summed E-state index contributed by atoms with van der Waals surface area (Å²) in [6.07, 6.45) is 0.200. The molecule has 6 nitrogen and oxygen atoms in total. The van der Waals surface area contributed by atoms with Crippen LogP contribution in [0.5, 0.6) is 0 Å². The van der Waals surface area contributed by atoms with Gasteiger partial charge in [0.05, 0.1) is 30.3 Å². The molecule has 8 heteroatoms. The lowest BCUT2D eigenvalue weighted by atomic mass is 9.94. The number of allylic oxidation sites excluding steroid dienone is 1. The summed E-state index contributed by atoms with van der Waals surface area (Å²) in [4.78, 5) is 31.5. The second-order valence-corrected chi connectivity index (χ2v) is 7.57. The van der Waals surface area contributed by atoms with Crippen LogP contribution in [0, 0.1) is 0 Å². The fourth-order valence-electron chi connectivity index (χ4n) is 3.26. The molecule has 0 bridgehead atoms. The molecule has 2 aliphatic rings. The monoisotopic (exact) mass is 419 g/mol. The van der Waals surface area contributed by atoms with Crippen LogP contribution >= 0.6 is 23.4 Å². The fraction of sp³-hybridized carbons (Fsp3) is 0.350. The van der Waals surface area contributed by atoms with Crippen molar-refractivity contribution in [3.8, 4) is 0 Å². The molecule has 1 amide bonds. The third-order valence-corrected chi connectivity index (χ3v) is 5.50. The number of aliphatic imine (C=N–C) groups is 1. The maximum atomic E-state index is 12.8. The third-order valence-electron chi connectivity index (χ3n) is 4.38. The van der Waals surface area contributed by atoms with Gasteiger partial charge in [-0.2, -0.15) is 0 Å². The standard InChI is InChI=1S/C20H22ClN3O3S/c1-4-22-16(25)10-15-11-28-20-23-12(3)17(19(26)27-5-2)18(24(15)20)13-7-6-8-14(21)9-13/h6-9,11,18H,4-5,10H2,1-3H3,(H,22,25). The molecule has 2 aliphatic heterocycles. The summed E-state index contributed by atoms with van der Waals surface area (Å²) in [6.45, 7) is 6.28. The van der Waals surface area contributed by atoms with Crippen LogP contribution in [0.25, 0.3) is 0 Å². The fourth-order valence-corrected chi connectivity index (χ4v) is 4.42.